The van der Waals surface area contributed by atoms with E-state index in [1.165, 1.54) is 25.0 Å². The highest BCUT2D eigenvalue weighted by Crippen LogP contribution is 2.22. The predicted octanol–water partition coefficient (Wildman–Crippen LogP) is -1.43. The van der Waals surface area contributed by atoms with Gasteiger partial charge in [0.2, 0.25) is 5.82 Å². The summed E-state index contributed by atoms with van der Waals surface area (Å²) < 4.78 is 26.2. The highest BCUT2D eigenvalue weighted by Gasteiger charge is 2.28. The number of tetrazole rings is 1. The molecule has 0 saturated carbocycles. The first-order valence-corrected chi connectivity index (χ1v) is 6.31. The molecule has 0 aliphatic heterocycles. The summed E-state index contributed by atoms with van der Waals surface area (Å²) >= 11 is 0. The molecular formula is C7H9N7O4S. The molecule has 0 spiro atoms. The smallest absolute Gasteiger partial charge is 0.418 e. The van der Waals surface area contributed by atoms with Crippen LogP contribution in [0.5, 0.6) is 0 Å². The van der Waals surface area contributed by atoms with Gasteiger partial charge >= 0.3 is 6.09 Å². The minimum atomic E-state index is -4.28. The van der Waals surface area contributed by atoms with E-state index < -0.39 is 16.1 Å². The molecule has 2 aromatic rings. The molecule has 0 aliphatic carbocycles. The molecule has 11 nitrogen and oxygen atoms in total. The van der Waals surface area contributed by atoms with Gasteiger partial charge in [-0.25, -0.2) is 9.52 Å². The Bertz CT molecular complexity index is 730. The second-order valence-corrected chi connectivity index (χ2v) is 5.10. The highest BCUT2D eigenvalue weighted by atomic mass is 32.2. The number of hydrogen-bond donors (Lipinski definition) is 2. The van der Waals surface area contributed by atoms with Crippen LogP contribution in [-0.4, -0.2) is 49.6 Å². The third-order valence-electron chi connectivity index (χ3n) is 2.11. The van der Waals surface area contributed by atoms with Crippen LogP contribution in [0.1, 0.15) is 0 Å². The molecule has 19 heavy (non-hydrogen) atoms. The zero-order valence-electron chi connectivity index (χ0n) is 9.84. The number of aryl methyl sites for hydroxylation is 2. The van der Waals surface area contributed by atoms with Crippen molar-refractivity contribution in [3.05, 3.63) is 6.20 Å². The molecule has 12 heteroatoms. The van der Waals surface area contributed by atoms with E-state index in [4.69, 9.17) is 5.11 Å². The molecule has 0 aliphatic rings. The van der Waals surface area contributed by atoms with E-state index >= 15 is 0 Å². The summed E-state index contributed by atoms with van der Waals surface area (Å²) in [6.45, 7) is 0. The van der Waals surface area contributed by atoms with Crippen LogP contribution in [0.2, 0.25) is 0 Å². The van der Waals surface area contributed by atoms with E-state index in [2.05, 4.69) is 20.5 Å². The first-order chi connectivity index (χ1) is 8.81. The van der Waals surface area contributed by atoms with Crippen molar-refractivity contribution in [2.45, 2.75) is 5.03 Å². The van der Waals surface area contributed by atoms with Crippen molar-refractivity contribution in [3.63, 3.8) is 0 Å². The summed E-state index contributed by atoms with van der Waals surface area (Å²) in [5.41, 5.74) is 0.0596. The molecule has 2 heterocycles. The number of aromatic nitrogens is 6. The fourth-order valence-corrected chi connectivity index (χ4v) is 2.61. The minimum absolute atomic E-state index is 0.0290. The highest BCUT2D eigenvalue weighted by molar-refractivity contribution is 7.90. The molecule has 102 valence electrons. The largest absolute Gasteiger partial charge is 0.464 e. The quantitative estimate of drug-likeness (QED) is 0.698. The normalized spacial score (nSPS) is 11.5. The monoisotopic (exact) mass is 287 g/mol. The van der Waals surface area contributed by atoms with Gasteiger partial charge in [0.25, 0.3) is 10.0 Å². The van der Waals surface area contributed by atoms with Crippen molar-refractivity contribution in [3.8, 4) is 11.4 Å². The first kappa shape index (κ1) is 12.9. The number of sulfonamides is 1. The summed E-state index contributed by atoms with van der Waals surface area (Å²) in [6.07, 6.45) is -0.479. The van der Waals surface area contributed by atoms with Crippen molar-refractivity contribution in [1.29, 1.82) is 0 Å². The van der Waals surface area contributed by atoms with Gasteiger partial charge in [-0.1, -0.05) is 0 Å². The molecule has 0 aromatic carbocycles. The molecule has 0 radical (unpaired) electrons. The number of hydrogen-bond acceptors (Lipinski definition) is 7. The van der Waals surface area contributed by atoms with Gasteiger partial charge in [0.1, 0.15) is 0 Å². The summed E-state index contributed by atoms with van der Waals surface area (Å²) in [6, 6.07) is 0. The lowest BCUT2D eigenvalue weighted by Gasteiger charge is -2.05. The second-order valence-electron chi connectivity index (χ2n) is 3.50. The van der Waals surface area contributed by atoms with E-state index in [-0.39, 0.29) is 16.4 Å². The van der Waals surface area contributed by atoms with Crippen LogP contribution in [0, 0.1) is 0 Å². The topological polar surface area (TPSA) is 145 Å². The maximum atomic E-state index is 11.9. The Morgan fingerprint density at radius 2 is 2.11 bits per heavy atom. The first-order valence-electron chi connectivity index (χ1n) is 4.83. The summed E-state index contributed by atoms with van der Waals surface area (Å²) in [5, 5.41) is 23.0. The fourth-order valence-electron chi connectivity index (χ4n) is 1.45. The Balaban J connectivity index is 2.58. The maximum absolute atomic E-state index is 11.9. The third kappa shape index (κ3) is 2.37. The van der Waals surface area contributed by atoms with Crippen LogP contribution in [0.3, 0.4) is 0 Å². The number of carbonyl (C=O) groups is 1. The van der Waals surface area contributed by atoms with E-state index in [0.29, 0.717) is 0 Å². The third-order valence-corrected chi connectivity index (χ3v) is 3.55. The van der Waals surface area contributed by atoms with Gasteiger partial charge in [-0.15, -0.1) is 10.2 Å². The van der Waals surface area contributed by atoms with Gasteiger partial charge in [-0.05, 0) is 5.21 Å². The number of nitrogens with zero attached hydrogens (tertiary/aromatic N) is 6. The molecule has 0 fully saturated rings. The van der Waals surface area contributed by atoms with Gasteiger partial charge in [-0.2, -0.15) is 18.3 Å². The van der Waals surface area contributed by atoms with Gasteiger partial charge in [0, 0.05) is 7.05 Å². The Kier molecular flexibility index (Phi) is 2.94. The Morgan fingerprint density at radius 1 is 1.42 bits per heavy atom. The summed E-state index contributed by atoms with van der Waals surface area (Å²) in [7, 11) is -1.41. The molecular weight excluding hydrogens is 278 g/mol. The number of carboxylic acid groups (broad SMARTS) is 1. The van der Waals surface area contributed by atoms with Crippen molar-refractivity contribution >= 4 is 16.1 Å². The molecule has 0 bridgehead atoms. The molecule has 0 atom stereocenters. The van der Waals surface area contributed by atoms with Crippen LogP contribution in [0.4, 0.5) is 4.79 Å². The Morgan fingerprint density at radius 3 is 2.63 bits per heavy atom. The zero-order chi connectivity index (χ0) is 14.2. The van der Waals surface area contributed by atoms with E-state index in [1.807, 2.05) is 0 Å². The van der Waals surface area contributed by atoms with Gasteiger partial charge < -0.3 is 5.11 Å². The summed E-state index contributed by atoms with van der Waals surface area (Å²) in [4.78, 5) is 11.6. The molecule has 2 rings (SSSR count). The number of nitrogens with one attached hydrogen (secondary N) is 1. The van der Waals surface area contributed by atoms with Gasteiger partial charge in [0.15, 0.2) is 5.03 Å². The zero-order valence-corrected chi connectivity index (χ0v) is 10.7. The Hall–Kier alpha value is -2.50. The molecule has 2 aromatic heterocycles. The minimum Gasteiger partial charge on any atom is -0.464 e. The van der Waals surface area contributed by atoms with Crippen molar-refractivity contribution in [2.75, 3.05) is 0 Å². The van der Waals surface area contributed by atoms with Crippen molar-refractivity contribution < 1.29 is 18.3 Å². The van der Waals surface area contributed by atoms with Crippen molar-refractivity contribution in [2.24, 2.45) is 14.1 Å². The van der Waals surface area contributed by atoms with Crippen LogP contribution >= 0.6 is 0 Å². The van der Waals surface area contributed by atoms with Crippen molar-refractivity contribution in [1.82, 2.24) is 34.7 Å². The lowest BCUT2D eigenvalue weighted by molar-refractivity contribution is 0.201. The van der Waals surface area contributed by atoms with Crippen LogP contribution in [-0.2, 0) is 24.1 Å². The summed E-state index contributed by atoms with van der Waals surface area (Å²) in [5.74, 6) is 0.0290. The van der Waals surface area contributed by atoms with Crippen LogP contribution in [0.25, 0.3) is 11.4 Å². The maximum Gasteiger partial charge on any atom is 0.418 e. The van der Waals surface area contributed by atoms with E-state index in [1.54, 1.807) is 0 Å². The lowest BCUT2D eigenvalue weighted by Crippen LogP contribution is -2.30. The molecule has 1 amide bonds. The molecule has 2 N–H and O–H groups in total. The predicted molar refractivity (Wildman–Crippen MR) is 59.3 cm³/mol. The molecule has 0 saturated heterocycles. The van der Waals surface area contributed by atoms with E-state index in [9.17, 15) is 13.2 Å². The fraction of sp³-hybridized carbons (Fsp3) is 0.286. The van der Waals surface area contributed by atoms with E-state index in [0.717, 1.165) is 9.48 Å². The van der Waals surface area contributed by atoms with Crippen LogP contribution < -0.4 is 4.72 Å². The number of amides is 1. The SMILES string of the molecule is Cn1nnc(-c2cnn(C)c2S(=O)(=O)NC(=O)O)n1. The van der Waals surface area contributed by atoms with Gasteiger partial charge in [0.05, 0.1) is 18.8 Å². The molecule has 0 unspecified atom stereocenters. The van der Waals surface area contributed by atoms with Gasteiger partial charge in [-0.3, -0.25) is 4.68 Å². The second kappa shape index (κ2) is 4.31. The average molecular weight is 287 g/mol. The Labute approximate surface area is 106 Å². The number of rotatable bonds is 3. The standard InChI is InChI=1S/C7H9N7O4S/c1-13-6(19(17,18)11-7(15)16)4(3-8-13)5-9-12-14(2)10-5/h3,11H,1-2H3,(H,15,16). The average Bonchev–Trinajstić information content (AvgIpc) is 2.82. The lowest BCUT2D eigenvalue weighted by atomic mass is 10.3. The van der Waals surface area contributed by atoms with Crippen LogP contribution in [0.15, 0.2) is 11.2 Å².